The second kappa shape index (κ2) is 12.6. The predicted octanol–water partition coefficient (Wildman–Crippen LogP) is 7.38. The minimum atomic E-state index is 0.597. The smallest absolute Gasteiger partial charge is 0.0575 e. The van der Waals surface area contributed by atoms with Crippen LogP contribution in [0.4, 0.5) is 0 Å². The highest BCUT2D eigenvalue weighted by atomic mass is 32.2. The van der Waals surface area contributed by atoms with Gasteiger partial charge in [-0.1, -0.05) is 58.3 Å². The summed E-state index contributed by atoms with van der Waals surface area (Å²) < 4.78 is 5.82. The van der Waals surface area contributed by atoms with E-state index in [1.807, 2.05) is 0 Å². The van der Waals surface area contributed by atoms with E-state index in [1.165, 1.54) is 114 Å². The summed E-state index contributed by atoms with van der Waals surface area (Å²) in [5.74, 6) is 2.86. The molecule has 0 amide bonds. The summed E-state index contributed by atoms with van der Waals surface area (Å²) in [4.78, 5) is 0. The molecule has 24 heavy (non-hydrogen) atoms. The zero-order chi connectivity index (χ0) is 16.9. The maximum atomic E-state index is 5.82. The second-order valence-corrected chi connectivity index (χ2v) is 9.51. The Morgan fingerprint density at radius 1 is 0.917 bits per heavy atom. The van der Waals surface area contributed by atoms with Gasteiger partial charge in [-0.25, -0.2) is 0 Å². The van der Waals surface area contributed by atoms with Gasteiger partial charge in [0.2, 0.25) is 0 Å². The van der Waals surface area contributed by atoms with Crippen molar-refractivity contribution in [3.63, 3.8) is 0 Å². The van der Waals surface area contributed by atoms with Crippen molar-refractivity contribution >= 4 is 11.8 Å². The van der Waals surface area contributed by atoms with Crippen molar-refractivity contribution in [2.75, 3.05) is 18.1 Å². The summed E-state index contributed by atoms with van der Waals surface area (Å²) in [5.41, 5.74) is 0.787. The molecule has 1 aliphatic heterocycles. The Hall–Kier alpha value is 0.310. The Bertz CT molecular complexity index is 294. The Morgan fingerprint density at radius 2 is 1.71 bits per heavy atom. The van der Waals surface area contributed by atoms with E-state index in [4.69, 9.17) is 4.74 Å². The molecule has 0 N–H and O–H groups in total. The molecule has 0 bridgehead atoms. The Labute approximate surface area is 156 Å². The van der Waals surface area contributed by atoms with Crippen molar-refractivity contribution < 1.29 is 4.74 Å². The summed E-state index contributed by atoms with van der Waals surface area (Å²) >= 11 is 2.25. The van der Waals surface area contributed by atoms with Crippen molar-refractivity contribution in [2.24, 2.45) is 5.41 Å². The highest BCUT2D eigenvalue weighted by Gasteiger charge is 2.41. The molecular formula is C22H42OS. The first kappa shape index (κ1) is 20.6. The average molecular weight is 355 g/mol. The van der Waals surface area contributed by atoms with Crippen LogP contribution in [-0.2, 0) is 4.74 Å². The molecule has 1 nitrogen and oxygen atoms in total. The lowest BCUT2D eigenvalue weighted by molar-refractivity contribution is 0.00979. The lowest BCUT2D eigenvalue weighted by Gasteiger charge is -2.22. The number of rotatable bonds is 15. The molecule has 0 aromatic rings. The second-order valence-electron chi connectivity index (χ2n) is 8.41. The molecule has 2 fully saturated rings. The molecule has 0 aromatic heterocycles. The average Bonchev–Trinajstić information content (AvgIpc) is 3.38. The first-order valence-corrected chi connectivity index (χ1v) is 12.2. The number of hydrogen-bond acceptors (Lipinski definition) is 2. The number of hydrogen-bond donors (Lipinski definition) is 0. The van der Waals surface area contributed by atoms with Crippen LogP contribution >= 0.6 is 11.8 Å². The van der Waals surface area contributed by atoms with Crippen molar-refractivity contribution in [3.8, 4) is 0 Å². The molecule has 0 radical (unpaired) electrons. The summed E-state index contributed by atoms with van der Waals surface area (Å²) in [5, 5.41) is 0. The minimum absolute atomic E-state index is 0.597. The fraction of sp³-hybridized carbons (Fsp3) is 1.00. The van der Waals surface area contributed by atoms with Crippen LogP contribution in [0.2, 0.25) is 0 Å². The monoisotopic (exact) mass is 354 g/mol. The molecule has 1 saturated carbocycles. The molecule has 1 heterocycles. The first-order chi connectivity index (χ1) is 11.8. The van der Waals surface area contributed by atoms with Crippen LogP contribution in [0, 0.1) is 5.41 Å². The molecular weight excluding hydrogens is 312 g/mol. The predicted molar refractivity (Wildman–Crippen MR) is 109 cm³/mol. The summed E-state index contributed by atoms with van der Waals surface area (Å²) in [6.45, 7) is 3.32. The topological polar surface area (TPSA) is 9.23 Å². The lowest BCUT2D eigenvalue weighted by atomic mass is 10.00. The van der Waals surface area contributed by atoms with Gasteiger partial charge in [0, 0.05) is 6.61 Å². The van der Waals surface area contributed by atoms with Crippen LogP contribution in [0.15, 0.2) is 0 Å². The van der Waals surface area contributed by atoms with Gasteiger partial charge in [-0.3, -0.25) is 0 Å². The SMILES string of the molecule is CCCCCCCC1(CSCCCCCCC2CCCCO2)CC1. The van der Waals surface area contributed by atoms with Crippen LogP contribution in [-0.4, -0.2) is 24.2 Å². The molecule has 1 saturated heterocycles. The maximum absolute atomic E-state index is 5.82. The van der Waals surface area contributed by atoms with Gasteiger partial charge < -0.3 is 4.74 Å². The molecule has 142 valence electrons. The van der Waals surface area contributed by atoms with E-state index in [9.17, 15) is 0 Å². The van der Waals surface area contributed by atoms with Crippen molar-refractivity contribution in [1.82, 2.24) is 0 Å². The zero-order valence-corrected chi connectivity index (χ0v) is 17.1. The largest absolute Gasteiger partial charge is 0.378 e. The van der Waals surface area contributed by atoms with E-state index < -0.39 is 0 Å². The minimum Gasteiger partial charge on any atom is -0.378 e. The number of unbranched alkanes of at least 4 members (excludes halogenated alkanes) is 7. The third kappa shape index (κ3) is 9.13. The van der Waals surface area contributed by atoms with Gasteiger partial charge >= 0.3 is 0 Å². The summed E-state index contributed by atoms with van der Waals surface area (Å²) in [6, 6.07) is 0. The molecule has 1 aliphatic carbocycles. The van der Waals surface area contributed by atoms with E-state index in [0.29, 0.717) is 6.10 Å². The lowest BCUT2D eigenvalue weighted by Crippen LogP contribution is -2.18. The van der Waals surface area contributed by atoms with E-state index >= 15 is 0 Å². The third-order valence-corrected chi connectivity index (χ3v) is 7.41. The Balaban J connectivity index is 1.34. The summed E-state index contributed by atoms with van der Waals surface area (Å²) in [7, 11) is 0. The fourth-order valence-electron chi connectivity index (χ4n) is 4.00. The molecule has 1 unspecified atom stereocenters. The fourth-order valence-corrected chi connectivity index (χ4v) is 5.42. The quantitative estimate of drug-likeness (QED) is 0.284. The Morgan fingerprint density at radius 3 is 2.46 bits per heavy atom. The van der Waals surface area contributed by atoms with Gasteiger partial charge in [0.15, 0.2) is 0 Å². The van der Waals surface area contributed by atoms with Gasteiger partial charge in [0.1, 0.15) is 0 Å². The van der Waals surface area contributed by atoms with Gasteiger partial charge in [0.05, 0.1) is 6.10 Å². The zero-order valence-electron chi connectivity index (χ0n) is 16.3. The standard InChI is InChI=1S/C22H42OS/c1-2-3-4-6-10-15-22(16-17-22)20-24-19-12-7-5-8-13-21-14-9-11-18-23-21/h21H,2-20H2,1H3. The third-order valence-electron chi connectivity index (χ3n) is 6.01. The Kier molecular flexibility index (Phi) is 10.9. The van der Waals surface area contributed by atoms with Crippen LogP contribution < -0.4 is 0 Å². The van der Waals surface area contributed by atoms with Crippen molar-refractivity contribution in [3.05, 3.63) is 0 Å². The summed E-state index contributed by atoms with van der Waals surface area (Å²) in [6.07, 6.45) is 23.4. The van der Waals surface area contributed by atoms with Crippen LogP contribution in [0.25, 0.3) is 0 Å². The van der Waals surface area contributed by atoms with E-state index in [-0.39, 0.29) is 0 Å². The van der Waals surface area contributed by atoms with Crippen LogP contribution in [0.1, 0.15) is 110 Å². The van der Waals surface area contributed by atoms with Gasteiger partial charge in [-0.05, 0) is 68.3 Å². The van der Waals surface area contributed by atoms with Crippen LogP contribution in [0.5, 0.6) is 0 Å². The maximum Gasteiger partial charge on any atom is 0.0575 e. The van der Waals surface area contributed by atoms with Gasteiger partial charge in [-0.15, -0.1) is 0 Å². The molecule has 0 spiro atoms. The van der Waals surface area contributed by atoms with E-state index in [2.05, 4.69) is 18.7 Å². The molecule has 1 atom stereocenters. The number of ether oxygens (including phenoxy) is 1. The molecule has 2 heteroatoms. The van der Waals surface area contributed by atoms with E-state index in [0.717, 1.165) is 12.0 Å². The van der Waals surface area contributed by atoms with Gasteiger partial charge in [0.25, 0.3) is 0 Å². The highest BCUT2D eigenvalue weighted by molar-refractivity contribution is 7.99. The van der Waals surface area contributed by atoms with E-state index in [1.54, 1.807) is 0 Å². The first-order valence-electron chi connectivity index (χ1n) is 11.0. The molecule has 2 aliphatic rings. The number of thioether (sulfide) groups is 1. The van der Waals surface area contributed by atoms with Gasteiger partial charge in [-0.2, -0.15) is 11.8 Å². The highest BCUT2D eigenvalue weighted by Crippen LogP contribution is 2.52. The van der Waals surface area contributed by atoms with Crippen molar-refractivity contribution in [1.29, 1.82) is 0 Å². The normalized spacial score (nSPS) is 22.6. The molecule has 0 aromatic carbocycles. The molecule has 2 rings (SSSR count). The van der Waals surface area contributed by atoms with Crippen LogP contribution in [0.3, 0.4) is 0 Å². The van der Waals surface area contributed by atoms with Crippen molar-refractivity contribution in [2.45, 2.75) is 116 Å².